The molecule has 1 aromatic rings. The first-order valence-corrected chi connectivity index (χ1v) is 9.62. The monoisotopic (exact) mass is 344 g/mol. The van der Waals surface area contributed by atoms with Crippen LogP contribution in [0.4, 0.5) is 0 Å². The van der Waals surface area contributed by atoms with Crippen LogP contribution in [0.1, 0.15) is 64.8 Å². The third-order valence-electron chi connectivity index (χ3n) is 5.72. The normalized spacial score (nSPS) is 27.9. The Labute approximate surface area is 151 Å². The summed E-state index contributed by atoms with van der Waals surface area (Å²) in [6.07, 6.45) is 4.35. The fraction of sp³-hybridized carbons (Fsp3) is 0.714. The number of piperidine rings is 1. The number of carbonyl (C=O) groups excluding carboxylic acids is 1. The smallest absolute Gasteiger partial charge is 0.225 e. The fourth-order valence-corrected chi connectivity index (χ4v) is 4.10. The fourth-order valence-electron chi connectivity index (χ4n) is 4.10. The van der Waals surface area contributed by atoms with Crippen molar-refractivity contribution in [2.24, 2.45) is 11.8 Å². The molecule has 2 heterocycles. The van der Waals surface area contributed by atoms with E-state index in [1.54, 1.807) is 0 Å². The van der Waals surface area contributed by atoms with Crippen LogP contribution in [0, 0.1) is 11.8 Å². The molecule has 25 heavy (non-hydrogen) atoms. The molecule has 0 bridgehead atoms. The molecule has 2 fully saturated rings. The van der Waals surface area contributed by atoms with Crippen molar-refractivity contribution in [3.63, 3.8) is 0 Å². The van der Waals surface area contributed by atoms with Crippen molar-refractivity contribution in [3.8, 4) is 0 Å². The maximum atomic E-state index is 12.5. The van der Waals surface area contributed by atoms with Crippen LogP contribution in [0.3, 0.4) is 0 Å². The van der Waals surface area contributed by atoms with Crippen LogP contribution in [0.5, 0.6) is 0 Å². The van der Waals surface area contributed by atoms with Crippen molar-refractivity contribution in [1.29, 1.82) is 0 Å². The summed E-state index contributed by atoms with van der Waals surface area (Å²) in [7, 11) is 0. The van der Waals surface area contributed by atoms with Gasteiger partial charge in [-0.15, -0.1) is 0 Å². The molecule has 1 aliphatic carbocycles. The summed E-state index contributed by atoms with van der Waals surface area (Å²) in [6, 6.07) is 6.35. The number of likely N-dealkylation sites (tertiary alicyclic amines) is 1. The van der Waals surface area contributed by atoms with Crippen LogP contribution in [-0.2, 0) is 16.6 Å². The molecule has 0 radical (unpaired) electrons. The molecule has 4 nitrogen and oxygen atoms in total. The predicted molar refractivity (Wildman–Crippen MR) is 99.3 cm³/mol. The zero-order valence-corrected chi connectivity index (χ0v) is 16.1. The van der Waals surface area contributed by atoms with Crippen molar-refractivity contribution in [2.75, 3.05) is 13.1 Å². The zero-order chi connectivity index (χ0) is 18.2. The van der Waals surface area contributed by atoms with E-state index >= 15 is 0 Å². The Kier molecular flexibility index (Phi) is 4.93. The van der Waals surface area contributed by atoms with E-state index in [4.69, 9.17) is 4.98 Å². The number of nitrogens with zero attached hydrogens (tertiary/aromatic N) is 2. The van der Waals surface area contributed by atoms with Crippen LogP contribution in [0.25, 0.3) is 0 Å². The van der Waals surface area contributed by atoms with Gasteiger partial charge in [-0.25, -0.2) is 0 Å². The van der Waals surface area contributed by atoms with Gasteiger partial charge >= 0.3 is 0 Å². The number of amides is 1. The largest absolute Gasteiger partial charge is 0.390 e. The Morgan fingerprint density at radius 2 is 1.92 bits per heavy atom. The maximum Gasteiger partial charge on any atom is 0.225 e. The Hall–Kier alpha value is -1.42. The molecule has 1 N–H and O–H groups in total. The quantitative estimate of drug-likeness (QED) is 0.915. The minimum atomic E-state index is -0.623. The standard InChI is InChI=1S/C21H32N2O2/c1-20(2,3)18-7-5-6-17(22-18)12-15-8-10-23(11-9-15)19(24)16-13-21(4,25)14-16/h5-7,15-16,25H,8-14H2,1-4H3. The highest BCUT2D eigenvalue weighted by molar-refractivity contribution is 5.80. The molecule has 0 aromatic carbocycles. The molecule has 1 saturated heterocycles. The Balaban J connectivity index is 1.51. The number of hydrogen-bond acceptors (Lipinski definition) is 3. The SMILES string of the molecule is CC1(O)CC(C(=O)N2CCC(Cc3cccc(C(C)(C)C)n3)CC2)C1. The van der Waals surface area contributed by atoms with Crippen molar-refractivity contribution >= 4 is 5.91 Å². The number of pyridine rings is 1. The maximum absolute atomic E-state index is 12.5. The van der Waals surface area contributed by atoms with E-state index in [-0.39, 0.29) is 17.2 Å². The van der Waals surface area contributed by atoms with E-state index in [1.807, 2.05) is 11.8 Å². The van der Waals surface area contributed by atoms with Crippen molar-refractivity contribution in [3.05, 3.63) is 29.6 Å². The average Bonchev–Trinajstić information content (AvgIpc) is 2.52. The molecule has 2 aliphatic rings. The van der Waals surface area contributed by atoms with E-state index in [0.717, 1.165) is 38.0 Å². The van der Waals surface area contributed by atoms with Crippen LogP contribution >= 0.6 is 0 Å². The average molecular weight is 344 g/mol. The van der Waals surface area contributed by atoms with Crippen molar-refractivity contribution in [1.82, 2.24) is 9.88 Å². The molecular formula is C21H32N2O2. The first-order chi connectivity index (χ1) is 11.6. The van der Waals surface area contributed by atoms with E-state index < -0.39 is 5.60 Å². The molecular weight excluding hydrogens is 312 g/mol. The number of hydrogen-bond donors (Lipinski definition) is 1. The molecule has 1 amide bonds. The summed E-state index contributed by atoms with van der Waals surface area (Å²) >= 11 is 0. The Bertz CT molecular complexity index is 617. The molecule has 4 heteroatoms. The first kappa shape index (κ1) is 18.4. The van der Waals surface area contributed by atoms with Crippen LogP contribution < -0.4 is 0 Å². The number of carbonyl (C=O) groups is 1. The number of aromatic nitrogens is 1. The highest BCUT2D eigenvalue weighted by Gasteiger charge is 2.44. The van der Waals surface area contributed by atoms with Gasteiger partial charge in [0.05, 0.1) is 5.60 Å². The summed E-state index contributed by atoms with van der Waals surface area (Å²) in [6.45, 7) is 10.1. The van der Waals surface area contributed by atoms with E-state index in [1.165, 1.54) is 5.69 Å². The first-order valence-electron chi connectivity index (χ1n) is 9.62. The van der Waals surface area contributed by atoms with Gasteiger partial charge in [-0.05, 0) is 57.1 Å². The second-order valence-corrected chi connectivity index (χ2v) is 9.34. The summed E-state index contributed by atoms with van der Waals surface area (Å²) < 4.78 is 0. The third kappa shape index (κ3) is 4.41. The lowest BCUT2D eigenvalue weighted by molar-refractivity contribution is -0.151. The molecule has 1 saturated carbocycles. The van der Waals surface area contributed by atoms with Crippen molar-refractivity contribution < 1.29 is 9.90 Å². The highest BCUT2D eigenvalue weighted by atomic mass is 16.3. The molecule has 0 spiro atoms. The topological polar surface area (TPSA) is 53.4 Å². The van der Waals surface area contributed by atoms with Gasteiger partial charge in [-0.2, -0.15) is 0 Å². The van der Waals surface area contributed by atoms with Gasteiger partial charge in [0.2, 0.25) is 5.91 Å². The van der Waals surface area contributed by atoms with Gasteiger partial charge in [0.15, 0.2) is 0 Å². The van der Waals surface area contributed by atoms with E-state index in [2.05, 4.69) is 39.0 Å². The molecule has 138 valence electrons. The molecule has 1 aromatic heterocycles. The van der Waals surface area contributed by atoms with Crippen molar-refractivity contribution in [2.45, 2.75) is 70.8 Å². The summed E-state index contributed by atoms with van der Waals surface area (Å²) in [5, 5.41) is 9.84. The zero-order valence-electron chi connectivity index (χ0n) is 16.1. The summed E-state index contributed by atoms with van der Waals surface area (Å²) in [5.41, 5.74) is 1.78. The Morgan fingerprint density at radius 1 is 1.28 bits per heavy atom. The minimum Gasteiger partial charge on any atom is -0.390 e. The van der Waals surface area contributed by atoms with Gasteiger partial charge in [0.25, 0.3) is 0 Å². The predicted octanol–water partition coefficient (Wildman–Crippen LogP) is 3.32. The molecule has 0 atom stereocenters. The molecule has 3 rings (SSSR count). The summed E-state index contributed by atoms with van der Waals surface area (Å²) in [4.78, 5) is 19.4. The van der Waals surface area contributed by atoms with Gasteiger partial charge < -0.3 is 10.0 Å². The molecule has 1 aliphatic heterocycles. The molecule has 0 unspecified atom stereocenters. The minimum absolute atomic E-state index is 0.0386. The van der Waals surface area contributed by atoms with Gasteiger partial charge in [-0.1, -0.05) is 26.8 Å². The van der Waals surface area contributed by atoms with Gasteiger partial charge in [0, 0.05) is 35.8 Å². The lowest BCUT2D eigenvalue weighted by Crippen LogP contribution is -2.51. The van der Waals surface area contributed by atoms with Crippen LogP contribution in [0.2, 0.25) is 0 Å². The summed E-state index contributed by atoms with van der Waals surface area (Å²) in [5.74, 6) is 0.894. The van der Waals surface area contributed by atoms with Crippen LogP contribution in [0.15, 0.2) is 18.2 Å². The van der Waals surface area contributed by atoms with Gasteiger partial charge in [0.1, 0.15) is 0 Å². The van der Waals surface area contributed by atoms with E-state index in [9.17, 15) is 9.90 Å². The second kappa shape index (κ2) is 6.71. The third-order valence-corrected chi connectivity index (χ3v) is 5.72. The lowest BCUT2D eigenvalue weighted by Gasteiger charge is -2.43. The number of aliphatic hydroxyl groups is 1. The second-order valence-electron chi connectivity index (χ2n) is 9.34. The van der Waals surface area contributed by atoms with E-state index in [0.29, 0.717) is 18.8 Å². The number of rotatable bonds is 3. The van der Waals surface area contributed by atoms with Gasteiger partial charge in [-0.3, -0.25) is 9.78 Å². The lowest BCUT2D eigenvalue weighted by atomic mass is 9.71. The van der Waals surface area contributed by atoms with Crippen LogP contribution in [-0.4, -0.2) is 39.6 Å². The Morgan fingerprint density at radius 3 is 2.48 bits per heavy atom. The highest BCUT2D eigenvalue weighted by Crippen LogP contribution is 2.39.